The molecule has 0 spiro atoms. The summed E-state index contributed by atoms with van der Waals surface area (Å²) < 4.78 is 35.4. The summed E-state index contributed by atoms with van der Waals surface area (Å²) in [6.07, 6.45) is 19.4. The number of halogens is 2. The van der Waals surface area contributed by atoms with Crippen LogP contribution in [0.3, 0.4) is 0 Å². The first-order chi connectivity index (χ1) is 27.1. The lowest BCUT2D eigenvalue weighted by atomic mass is 10.1. The van der Waals surface area contributed by atoms with Crippen LogP contribution in [0, 0.1) is 0 Å². The van der Waals surface area contributed by atoms with E-state index in [1.54, 1.807) is 51.2 Å². The van der Waals surface area contributed by atoms with Gasteiger partial charge in [0.15, 0.2) is 0 Å². The summed E-state index contributed by atoms with van der Waals surface area (Å²) in [4.78, 5) is 54.5. The van der Waals surface area contributed by atoms with Gasteiger partial charge < -0.3 is 39.1 Å². The van der Waals surface area contributed by atoms with Crippen LogP contribution >= 0.6 is 24.8 Å². The summed E-state index contributed by atoms with van der Waals surface area (Å²) >= 11 is 0. The Bertz CT molecular complexity index is 1850. The van der Waals surface area contributed by atoms with Crippen LogP contribution in [0.5, 0.6) is 0 Å². The van der Waals surface area contributed by atoms with Crippen LogP contribution in [0.1, 0.15) is 86.8 Å². The number of likely N-dealkylation sites (N-methyl/N-ethyl adjacent to an activating group) is 1. The minimum absolute atomic E-state index is 0. The third kappa shape index (κ3) is 17.9. The molecule has 0 saturated heterocycles. The van der Waals surface area contributed by atoms with Gasteiger partial charge in [0.25, 0.3) is 0 Å². The van der Waals surface area contributed by atoms with Gasteiger partial charge >= 0.3 is 23.9 Å². The van der Waals surface area contributed by atoms with Gasteiger partial charge in [-0.1, -0.05) is 84.6 Å². The molecule has 0 unspecified atom stereocenters. The highest BCUT2D eigenvalue weighted by Crippen LogP contribution is 2.36. The molecule has 0 radical (unpaired) electrons. The summed E-state index contributed by atoms with van der Waals surface area (Å²) in [6, 6.07) is 15.6. The van der Waals surface area contributed by atoms with E-state index in [-0.39, 0.29) is 52.4 Å². The quantitative estimate of drug-likeness (QED) is 0.0712. The van der Waals surface area contributed by atoms with Gasteiger partial charge in [-0.15, -0.1) is 24.8 Å². The zero-order valence-corrected chi connectivity index (χ0v) is 33.3. The van der Waals surface area contributed by atoms with Gasteiger partial charge in [-0.05, 0) is 67.1 Å². The van der Waals surface area contributed by atoms with E-state index < -0.39 is 35.8 Å². The van der Waals surface area contributed by atoms with E-state index in [4.69, 9.17) is 27.4 Å². The highest BCUT2D eigenvalue weighted by atomic mass is 35.5. The van der Waals surface area contributed by atoms with Gasteiger partial charge in [0.1, 0.15) is 11.1 Å². The summed E-state index contributed by atoms with van der Waals surface area (Å²) in [5, 5.41) is 2.92. The Morgan fingerprint density at radius 2 is 1.16 bits per heavy atom. The maximum absolute atomic E-state index is 11.8. The molecule has 0 amide bonds. The predicted octanol–water partition coefficient (Wildman–Crippen LogP) is 7.00. The lowest BCUT2D eigenvalue weighted by Gasteiger charge is -2.12. The molecule has 0 bridgehead atoms. The molecule has 2 fully saturated rings. The fourth-order valence-electron chi connectivity index (χ4n) is 4.66. The Balaban J connectivity index is 0. The van der Waals surface area contributed by atoms with Gasteiger partial charge in [0.2, 0.25) is 13.6 Å². The van der Waals surface area contributed by atoms with Crippen LogP contribution < -0.4 is 11.1 Å². The maximum atomic E-state index is 11.8. The van der Waals surface area contributed by atoms with E-state index >= 15 is 0 Å². The summed E-state index contributed by atoms with van der Waals surface area (Å²) in [6.45, 7) is 2.96. The van der Waals surface area contributed by atoms with Crippen molar-refractivity contribution in [1.82, 2.24) is 24.4 Å². The molecule has 0 aliphatic heterocycles. The number of carbonyl (C=O) groups excluding carboxylic acids is 4. The molecule has 3 N–H and O–H groups in total. The lowest BCUT2D eigenvalue weighted by molar-refractivity contribution is -0.167. The molecule has 320 valence electrons. The highest BCUT2D eigenvalue weighted by Gasteiger charge is 2.50. The third-order valence-electron chi connectivity index (χ3n) is 8.23. The van der Waals surface area contributed by atoms with Crippen molar-refractivity contribution in [1.29, 1.82) is 0 Å². The second-order valence-electron chi connectivity index (χ2n) is 12.1. The number of hydrogen-bond acceptors (Lipinski definition) is 12. The summed E-state index contributed by atoms with van der Waals surface area (Å²) in [7, 11) is 2.96. The van der Waals surface area contributed by atoms with E-state index in [0.717, 1.165) is 48.2 Å². The van der Waals surface area contributed by atoms with Crippen LogP contribution in [0.25, 0.3) is 12.2 Å². The largest absolute Gasteiger partial charge is 0.426 e. The number of nitrogens with one attached hydrogen (secondary N) is 1. The zero-order valence-electron chi connectivity index (χ0n) is 33.7. The molecular formula is C42H60Cl2N6O8. The monoisotopic (exact) mass is 849 g/mol. The summed E-state index contributed by atoms with van der Waals surface area (Å²) in [5.41, 5.74) is 8.20. The number of nitrogens with two attached hydrogens (primary N) is 1. The van der Waals surface area contributed by atoms with Crippen molar-refractivity contribution < 1.29 is 40.9 Å². The smallest absolute Gasteiger partial charge is 0.333 e. The fourth-order valence-corrected chi connectivity index (χ4v) is 4.66. The second-order valence-corrected chi connectivity index (χ2v) is 12.1. The Labute approximate surface area is 357 Å². The lowest BCUT2D eigenvalue weighted by Crippen LogP contribution is -2.38. The molecule has 2 heterocycles. The van der Waals surface area contributed by atoms with Crippen molar-refractivity contribution in [2.45, 2.75) is 85.9 Å². The molecule has 16 heteroatoms. The number of benzene rings is 2. The Morgan fingerprint density at radius 1 is 0.759 bits per heavy atom. The molecule has 0 atom stereocenters. The fraction of sp³-hybridized carbons (Fsp3) is 0.381. The number of hydrogen-bond donors (Lipinski definition) is 2. The predicted molar refractivity (Wildman–Crippen MR) is 231 cm³/mol. The Morgan fingerprint density at radius 3 is 1.48 bits per heavy atom. The van der Waals surface area contributed by atoms with Gasteiger partial charge in [-0.25, -0.2) is 29.1 Å². The van der Waals surface area contributed by atoms with Crippen LogP contribution in [-0.4, -0.2) is 74.7 Å². The number of carbonyl (C=O) groups is 4. The van der Waals surface area contributed by atoms with Crippen LogP contribution in [0.4, 0.5) is 0 Å². The van der Waals surface area contributed by atoms with E-state index in [1.165, 1.54) is 19.6 Å². The molecular weight excluding hydrogens is 787 g/mol. The van der Waals surface area contributed by atoms with Crippen molar-refractivity contribution >= 4 is 60.8 Å². The average Bonchev–Trinajstić information content (AvgIpc) is 4.04. The van der Waals surface area contributed by atoms with Gasteiger partial charge in [-0.3, -0.25) is 0 Å². The number of ether oxygens (including phenoxy) is 4. The Hall–Kier alpha value is -5.28. The molecule has 6 rings (SSSR count). The van der Waals surface area contributed by atoms with Crippen molar-refractivity contribution in [2.24, 2.45) is 5.73 Å². The van der Waals surface area contributed by atoms with E-state index in [1.807, 2.05) is 70.1 Å². The molecule has 4 aromatic rings. The van der Waals surface area contributed by atoms with Gasteiger partial charge in [0.05, 0.1) is 12.7 Å². The van der Waals surface area contributed by atoms with Crippen LogP contribution in [-0.2, 0) is 51.2 Å². The number of esters is 4. The third-order valence-corrected chi connectivity index (χ3v) is 8.23. The SMILES string of the molecule is C.C.CNC1(C(=O)OCOC(=O)/C=C/c2ccc(Cn3ccnc3)cc2)CC1.Cl.Cl.NC1(C(=O)OCOC(=O)/C=C/c2ccc(Cn3ccnc3)cc2)CC1.[2H]CC.[3H]C. The molecule has 2 aliphatic rings. The normalized spacial score (nSPS) is 13.7. The highest BCUT2D eigenvalue weighted by molar-refractivity contribution is 5.88. The van der Waals surface area contributed by atoms with Gasteiger partial charge in [0, 0.05) is 52.8 Å². The first-order valence-electron chi connectivity index (χ1n) is 18.7. The van der Waals surface area contributed by atoms with Crippen LogP contribution in [0.2, 0.25) is 0 Å². The van der Waals surface area contributed by atoms with E-state index in [2.05, 4.69) is 15.3 Å². The average molecular weight is 851 g/mol. The minimum Gasteiger partial charge on any atom is -0.426 e. The van der Waals surface area contributed by atoms with Crippen molar-refractivity contribution in [3.05, 3.63) is 120 Å². The molecule has 2 aromatic heterocycles. The van der Waals surface area contributed by atoms with Crippen molar-refractivity contribution in [2.75, 3.05) is 20.6 Å². The van der Waals surface area contributed by atoms with E-state index in [9.17, 15) is 19.2 Å². The maximum Gasteiger partial charge on any atom is 0.333 e. The molecule has 2 aromatic carbocycles. The second kappa shape index (κ2) is 27.4. The number of rotatable bonds is 15. The minimum atomic E-state index is -0.874. The topological polar surface area (TPSA) is 179 Å². The molecule has 58 heavy (non-hydrogen) atoms. The molecule has 2 saturated carbocycles. The number of aromatic nitrogens is 4. The summed E-state index contributed by atoms with van der Waals surface area (Å²) in [5.74, 6) is -2.06. The van der Waals surface area contributed by atoms with Crippen molar-refractivity contribution in [3.8, 4) is 0 Å². The zero-order chi connectivity index (χ0) is 40.8. The first-order valence-corrected chi connectivity index (χ1v) is 17.0. The first kappa shape index (κ1) is 50.7. The van der Waals surface area contributed by atoms with Gasteiger partial charge in [-0.2, -0.15) is 0 Å². The van der Waals surface area contributed by atoms with E-state index in [0.29, 0.717) is 19.7 Å². The number of nitrogens with zero attached hydrogens (tertiary/aromatic N) is 4. The number of imidazole rings is 2. The van der Waals surface area contributed by atoms with Crippen LogP contribution in [0.15, 0.2) is 98.1 Å². The Kier molecular flexibility index (Phi) is 23.9. The van der Waals surface area contributed by atoms with Crippen molar-refractivity contribution in [3.63, 3.8) is 0 Å². The molecule has 2 aliphatic carbocycles. The molecule has 14 nitrogen and oxygen atoms in total. The standard InChI is InChI=1S/C19H21N3O4.C18H19N3O4.C2H6.3CH4.2ClH/c1-20-19(8-9-19)18(24)26-14-25-17(23)7-6-15-2-4-16(5-3-15)12-22-11-10-21-13-22;19-18(7-8-18)17(23)25-13-24-16(22)6-5-14-1-3-15(4-2-14)11-21-10-9-20-12-21;1-2;;;;;/h2-7,10-11,13,20H,8-9,12,14H2,1H3;1-6,9-10,12H,7-8,11,13,19H2;1-2H3;3*1H4;2*1H/b7-6+;6-5+;;;;;;/i;;1D;1T;;;;.